The lowest BCUT2D eigenvalue weighted by atomic mass is 9.94. The van der Waals surface area contributed by atoms with Crippen LogP contribution in [-0.4, -0.2) is 47.9 Å². The fourth-order valence-electron chi connectivity index (χ4n) is 4.12. The van der Waals surface area contributed by atoms with Gasteiger partial charge < -0.3 is 20.7 Å². The smallest absolute Gasteiger partial charge is 0.329 e. The molecule has 0 spiro atoms. The summed E-state index contributed by atoms with van der Waals surface area (Å²) in [5.74, 6) is -2.80. The first kappa shape index (κ1) is 29.3. The monoisotopic (exact) mass is 505 g/mol. The zero-order chi connectivity index (χ0) is 26.8. The molecule has 1 aliphatic heterocycles. The van der Waals surface area contributed by atoms with Crippen LogP contribution in [0.4, 0.5) is 4.39 Å². The fourth-order valence-corrected chi connectivity index (χ4v) is 4.12. The van der Waals surface area contributed by atoms with Gasteiger partial charge in [-0.05, 0) is 42.9 Å². The molecule has 1 heterocycles. The third-order valence-electron chi connectivity index (χ3n) is 6.82. The normalized spacial score (nSPS) is 25.7. The number of ether oxygens (including phenoxy) is 1. The molecule has 0 saturated carbocycles. The van der Waals surface area contributed by atoms with E-state index in [0.717, 1.165) is 19.3 Å². The van der Waals surface area contributed by atoms with Crippen LogP contribution in [0.3, 0.4) is 0 Å². The number of benzene rings is 1. The maximum atomic E-state index is 13.4. The van der Waals surface area contributed by atoms with Crippen molar-refractivity contribution in [3.05, 3.63) is 35.6 Å². The maximum absolute atomic E-state index is 13.4. The molecule has 0 unspecified atom stereocenters. The van der Waals surface area contributed by atoms with Gasteiger partial charge in [-0.3, -0.25) is 14.4 Å². The summed E-state index contributed by atoms with van der Waals surface area (Å²) in [6, 6.07) is 2.80. The van der Waals surface area contributed by atoms with Gasteiger partial charge >= 0.3 is 5.97 Å². The van der Waals surface area contributed by atoms with Crippen LogP contribution in [-0.2, 0) is 30.3 Å². The van der Waals surface area contributed by atoms with E-state index in [1.807, 2.05) is 20.8 Å². The Morgan fingerprint density at radius 1 is 0.972 bits per heavy atom. The van der Waals surface area contributed by atoms with Crippen molar-refractivity contribution >= 4 is 23.7 Å². The third kappa shape index (κ3) is 8.60. The Labute approximate surface area is 213 Å². The molecule has 1 saturated heterocycles. The Morgan fingerprint density at radius 3 is 2.25 bits per heavy atom. The minimum atomic E-state index is -0.994. The second-order valence-electron chi connectivity index (χ2n) is 9.85. The van der Waals surface area contributed by atoms with Crippen molar-refractivity contribution in [2.75, 3.05) is 0 Å². The van der Waals surface area contributed by atoms with Crippen molar-refractivity contribution in [3.63, 3.8) is 0 Å². The Hall–Kier alpha value is -2.97. The first-order valence-electron chi connectivity index (χ1n) is 12.9. The summed E-state index contributed by atoms with van der Waals surface area (Å²) in [5.41, 5.74) is 0.648. The molecule has 0 aromatic heterocycles. The van der Waals surface area contributed by atoms with Crippen LogP contribution in [0.5, 0.6) is 0 Å². The number of rotatable bonds is 8. The van der Waals surface area contributed by atoms with E-state index in [1.54, 1.807) is 12.1 Å². The van der Waals surface area contributed by atoms with Gasteiger partial charge in [-0.15, -0.1) is 0 Å². The molecule has 1 fully saturated rings. The SMILES string of the molecule is CCCC[C@H](C)[C@@H]1CC(=O)N[C@@H](Cc2ccc(F)cc2)C(=O)N[C@@H](C)C(=O)N[C@H]([C@@H](C)CC)C(=O)O1. The molecule has 8 nitrogen and oxygen atoms in total. The van der Waals surface area contributed by atoms with Gasteiger partial charge in [-0.25, -0.2) is 9.18 Å². The summed E-state index contributed by atoms with van der Waals surface area (Å²) >= 11 is 0. The van der Waals surface area contributed by atoms with Crippen LogP contribution in [0.15, 0.2) is 24.3 Å². The summed E-state index contributed by atoms with van der Waals surface area (Å²) in [5, 5.41) is 8.10. The van der Waals surface area contributed by atoms with E-state index in [4.69, 9.17) is 4.74 Å². The second kappa shape index (κ2) is 13.9. The minimum absolute atomic E-state index is 0.0960. The lowest BCUT2D eigenvalue weighted by Gasteiger charge is -2.29. The third-order valence-corrected chi connectivity index (χ3v) is 6.82. The number of esters is 1. The predicted molar refractivity (Wildman–Crippen MR) is 134 cm³/mol. The second-order valence-corrected chi connectivity index (χ2v) is 9.85. The molecule has 0 bridgehead atoms. The summed E-state index contributed by atoms with van der Waals surface area (Å²) in [6.07, 6.45) is 2.55. The fraction of sp³-hybridized carbons (Fsp3) is 0.630. The molecule has 9 heteroatoms. The van der Waals surface area contributed by atoms with Crippen LogP contribution >= 0.6 is 0 Å². The lowest BCUT2D eigenvalue weighted by Crippen LogP contribution is -2.55. The van der Waals surface area contributed by atoms with Crippen molar-refractivity contribution in [3.8, 4) is 0 Å². The number of halogens is 1. The van der Waals surface area contributed by atoms with Crippen LogP contribution < -0.4 is 16.0 Å². The Kier molecular flexibility index (Phi) is 11.3. The highest BCUT2D eigenvalue weighted by atomic mass is 19.1. The van der Waals surface area contributed by atoms with E-state index < -0.39 is 53.7 Å². The summed E-state index contributed by atoms with van der Waals surface area (Å²) in [6.45, 7) is 9.25. The average Bonchev–Trinajstić information content (AvgIpc) is 2.85. The van der Waals surface area contributed by atoms with Gasteiger partial charge in [0.15, 0.2) is 0 Å². The van der Waals surface area contributed by atoms with Crippen LogP contribution in [0.25, 0.3) is 0 Å². The molecule has 1 aliphatic rings. The largest absolute Gasteiger partial charge is 0.460 e. The van der Waals surface area contributed by atoms with Crippen LogP contribution in [0.2, 0.25) is 0 Å². The van der Waals surface area contributed by atoms with E-state index in [9.17, 15) is 23.6 Å². The highest BCUT2D eigenvalue weighted by Gasteiger charge is 2.35. The highest BCUT2D eigenvalue weighted by molar-refractivity contribution is 5.94. The van der Waals surface area contributed by atoms with Crippen molar-refractivity contribution in [2.45, 2.75) is 97.4 Å². The van der Waals surface area contributed by atoms with Crippen molar-refractivity contribution in [1.29, 1.82) is 0 Å². The predicted octanol–water partition coefficient (Wildman–Crippen LogP) is 3.03. The molecule has 2 rings (SSSR count). The Morgan fingerprint density at radius 2 is 1.64 bits per heavy atom. The van der Waals surface area contributed by atoms with Gasteiger partial charge in [-0.2, -0.15) is 0 Å². The van der Waals surface area contributed by atoms with Crippen LogP contribution in [0, 0.1) is 17.7 Å². The van der Waals surface area contributed by atoms with Gasteiger partial charge in [0.1, 0.15) is 30.0 Å². The lowest BCUT2D eigenvalue weighted by molar-refractivity contribution is -0.158. The van der Waals surface area contributed by atoms with Crippen LogP contribution in [0.1, 0.15) is 72.3 Å². The molecule has 3 amide bonds. The van der Waals surface area contributed by atoms with Crippen molar-refractivity contribution in [1.82, 2.24) is 16.0 Å². The van der Waals surface area contributed by atoms with Gasteiger partial charge in [-0.1, -0.05) is 59.1 Å². The highest BCUT2D eigenvalue weighted by Crippen LogP contribution is 2.21. The Bertz CT molecular complexity index is 907. The number of nitrogens with one attached hydrogen (secondary N) is 3. The first-order chi connectivity index (χ1) is 17.0. The topological polar surface area (TPSA) is 114 Å². The van der Waals surface area contributed by atoms with E-state index in [1.165, 1.54) is 19.1 Å². The number of carbonyl (C=O) groups excluding carboxylic acids is 4. The summed E-state index contributed by atoms with van der Waals surface area (Å²) in [4.78, 5) is 52.3. The first-order valence-corrected chi connectivity index (χ1v) is 12.9. The van der Waals surface area contributed by atoms with E-state index in [0.29, 0.717) is 12.0 Å². The Balaban J connectivity index is 2.38. The van der Waals surface area contributed by atoms with E-state index in [-0.39, 0.29) is 24.7 Å². The van der Waals surface area contributed by atoms with Gasteiger partial charge in [0.05, 0.1) is 6.42 Å². The number of cyclic esters (lactones) is 1. The zero-order valence-corrected chi connectivity index (χ0v) is 21.9. The number of carbonyl (C=O) groups is 4. The molecule has 3 N–H and O–H groups in total. The summed E-state index contributed by atoms with van der Waals surface area (Å²) in [7, 11) is 0. The molecule has 200 valence electrons. The molecule has 6 atom stereocenters. The average molecular weight is 506 g/mol. The molecular formula is C27H40FN3O5. The van der Waals surface area contributed by atoms with Gasteiger partial charge in [0, 0.05) is 6.42 Å². The number of hydrogen-bond donors (Lipinski definition) is 3. The number of hydrogen-bond acceptors (Lipinski definition) is 5. The molecule has 1 aromatic rings. The molecule has 1 aromatic carbocycles. The minimum Gasteiger partial charge on any atom is -0.460 e. The molecule has 0 aliphatic carbocycles. The van der Waals surface area contributed by atoms with Crippen molar-refractivity contribution < 1.29 is 28.3 Å². The zero-order valence-electron chi connectivity index (χ0n) is 21.9. The number of unbranched alkanes of at least 4 members (excludes halogenated alkanes) is 1. The molecular weight excluding hydrogens is 465 g/mol. The molecule has 36 heavy (non-hydrogen) atoms. The van der Waals surface area contributed by atoms with Gasteiger partial charge in [0.2, 0.25) is 17.7 Å². The van der Waals surface area contributed by atoms with E-state index in [2.05, 4.69) is 22.9 Å². The van der Waals surface area contributed by atoms with Crippen molar-refractivity contribution in [2.24, 2.45) is 11.8 Å². The van der Waals surface area contributed by atoms with Gasteiger partial charge in [0.25, 0.3) is 0 Å². The molecule has 0 radical (unpaired) electrons. The quantitative estimate of drug-likeness (QED) is 0.470. The number of amides is 3. The standard InChI is InChI=1S/C27H40FN3O5/c1-6-8-9-17(4)22-15-23(32)30-21(14-19-10-12-20(28)13-11-19)26(34)29-18(5)25(33)31-24(16(3)7-2)27(35)36-22/h10-13,16-18,21-22,24H,6-9,14-15H2,1-5H3,(H,29,34)(H,30,32)(H,31,33)/t16-,17-,18-,21-,22-,24+/m0/s1. The summed E-state index contributed by atoms with van der Waals surface area (Å²) < 4.78 is 19.2. The maximum Gasteiger partial charge on any atom is 0.329 e. The van der Waals surface area contributed by atoms with E-state index >= 15 is 0 Å².